The third-order valence-corrected chi connectivity index (χ3v) is 3.64. The second-order valence-corrected chi connectivity index (χ2v) is 4.99. The van der Waals surface area contributed by atoms with Crippen molar-refractivity contribution in [2.24, 2.45) is 0 Å². The molecule has 3 nitrogen and oxygen atoms in total. The number of ether oxygens (including phenoxy) is 2. The maximum atomic E-state index is 12.2. The lowest BCUT2D eigenvalue weighted by Crippen LogP contribution is -2.20. The van der Waals surface area contributed by atoms with Crippen molar-refractivity contribution < 1.29 is 14.3 Å². The zero-order valence-electron chi connectivity index (χ0n) is 11.5. The summed E-state index contributed by atoms with van der Waals surface area (Å²) in [5.41, 5.74) is 3.00. The number of rotatable bonds is 2. The molecule has 2 aromatic rings. The summed E-state index contributed by atoms with van der Waals surface area (Å²) < 4.78 is 10.9. The van der Waals surface area contributed by atoms with E-state index in [1.54, 1.807) is 0 Å². The third-order valence-electron chi connectivity index (χ3n) is 3.64. The van der Waals surface area contributed by atoms with Crippen LogP contribution in [-0.2, 0) is 9.53 Å². The highest BCUT2D eigenvalue weighted by Crippen LogP contribution is 2.46. The maximum absolute atomic E-state index is 12.2. The maximum Gasteiger partial charge on any atom is 0.317 e. The number of aryl methyl sites for hydroxylation is 1. The smallest absolute Gasteiger partial charge is 0.317 e. The first kappa shape index (κ1) is 12.7. The van der Waals surface area contributed by atoms with Crippen LogP contribution in [0.1, 0.15) is 28.7 Å². The van der Waals surface area contributed by atoms with E-state index in [0.717, 1.165) is 22.4 Å². The van der Waals surface area contributed by atoms with Gasteiger partial charge in [0.2, 0.25) is 0 Å². The minimum Gasteiger partial charge on any atom is -0.484 e. The molecule has 3 heteroatoms. The van der Waals surface area contributed by atoms with Gasteiger partial charge in [0.05, 0.1) is 7.11 Å². The molecule has 102 valence electrons. The highest BCUT2D eigenvalue weighted by Gasteiger charge is 2.41. The molecule has 0 saturated heterocycles. The molecule has 0 aliphatic carbocycles. The van der Waals surface area contributed by atoms with Crippen molar-refractivity contribution in [3.05, 3.63) is 65.2 Å². The lowest BCUT2D eigenvalue weighted by molar-refractivity contribution is -0.144. The average Bonchev–Trinajstić information content (AvgIpc) is 2.86. The van der Waals surface area contributed by atoms with E-state index >= 15 is 0 Å². The molecule has 0 fully saturated rings. The number of hydrogen-bond acceptors (Lipinski definition) is 3. The van der Waals surface area contributed by atoms with Crippen LogP contribution in [0.2, 0.25) is 0 Å². The Hall–Kier alpha value is -2.29. The zero-order valence-corrected chi connectivity index (χ0v) is 11.5. The van der Waals surface area contributed by atoms with Crippen molar-refractivity contribution >= 4 is 5.97 Å². The Morgan fingerprint density at radius 1 is 1.15 bits per heavy atom. The lowest BCUT2D eigenvalue weighted by atomic mass is 9.90. The molecule has 0 amide bonds. The molecule has 0 bridgehead atoms. The van der Waals surface area contributed by atoms with E-state index in [-0.39, 0.29) is 12.1 Å². The molecule has 2 aromatic carbocycles. The first-order valence-corrected chi connectivity index (χ1v) is 6.60. The summed E-state index contributed by atoms with van der Waals surface area (Å²) in [6.45, 7) is 2.00. The fourth-order valence-corrected chi connectivity index (χ4v) is 2.67. The molecule has 0 N–H and O–H groups in total. The monoisotopic (exact) mass is 268 g/mol. The van der Waals surface area contributed by atoms with Gasteiger partial charge in [0, 0.05) is 5.56 Å². The van der Waals surface area contributed by atoms with Crippen LogP contribution in [-0.4, -0.2) is 13.1 Å². The van der Waals surface area contributed by atoms with Crippen LogP contribution >= 0.6 is 0 Å². The first-order chi connectivity index (χ1) is 9.70. The van der Waals surface area contributed by atoms with Crippen molar-refractivity contribution in [1.82, 2.24) is 0 Å². The average molecular weight is 268 g/mol. The van der Waals surface area contributed by atoms with Crippen LogP contribution in [0, 0.1) is 6.92 Å². The summed E-state index contributed by atoms with van der Waals surface area (Å²) in [6.07, 6.45) is -0.319. The van der Waals surface area contributed by atoms with Gasteiger partial charge in [-0.3, -0.25) is 4.79 Å². The summed E-state index contributed by atoms with van der Waals surface area (Å²) in [5.74, 6) is 0.0976. The largest absolute Gasteiger partial charge is 0.484 e. The number of esters is 1. The minimum atomic E-state index is -0.405. The minimum absolute atomic E-state index is 0.261. The predicted molar refractivity (Wildman–Crippen MR) is 75.7 cm³/mol. The molecule has 20 heavy (non-hydrogen) atoms. The molecule has 0 aromatic heterocycles. The number of methoxy groups -OCH3 is 1. The van der Waals surface area contributed by atoms with Crippen molar-refractivity contribution in [3.63, 3.8) is 0 Å². The van der Waals surface area contributed by atoms with Crippen LogP contribution in [0.3, 0.4) is 0 Å². The van der Waals surface area contributed by atoms with Crippen molar-refractivity contribution in [1.29, 1.82) is 0 Å². The molecule has 0 spiro atoms. The van der Waals surface area contributed by atoms with Crippen LogP contribution in [0.5, 0.6) is 5.75 Å². The van der Waals surface area contributed by atoms with E-state index in [1.807, 2.05) is 55.5 Å². The van der Waals surface area contributed by atoms with Gasteiger partial charge in [-0.1, -0.05) is 48.0 Å². The molecule has 2 atom stereocenters. The predicted octanol–water partition coefficient (Wildman–Crippen LogP) is 3.39. The molecular weight excluding hydrogens is 252 g/mol. The standard InChI is InChI=1S/C17H16O3/c1-11-8-9-14-13(10-11)15(17(18)19-2)16(20-14)12-6-4-3-5-7-12/h3-10,15-16H,1-2H3/t15-,16+/m0/s1. The van der Waals surface area contributed by atoms with Gasteiger partial charge in [-0.15, -0.1) is 0 Å². The van der Waals surface area contributed by atoms with E-state index in [4.69, 9.17) is 9.47 Å². The SMILES string of the molecule is COC(=O)[C@H]1c2cc(C)ccc2O[C@@H]1c1ccccc1. The number of carbonyl (C=O) groups is 1. The Bertz CT molecular complexity index is 634. The summed E-state index contributed by atoms with van der Waals surface area (Å²) in [6, 6.07) is 15.7. The van der Waals surface area contributed by atoms with Crippen molar-refractivity contribution in [3.8, 4) is 5.75 Å². The second kappa shape index (κ2) is 5.00. The molecule has 0 radical (unpaired) electrons. The van der Waals surface area contributed by atoms with Crippen LogP contribution < -0.4 is 4.74 Å². The molecule has 0 saturated carbocycles. The molecule has 1 heterocycles. The highest BCUT2D eigenvalue weighted by atomic mass is 16.5. The van der Waals surface area contributed by atoms with Crippen molar-refractivity contribution in [2.75, 3.05) is 7.11 Å². The van der Waals surface area contributed by atoms with E-state index in [1.165, 1.54) is 7.11 Å². The van der Waals surface area contributed by atoms with Gasteiger partial charge in [-0.05, 0) is 18.6 Å². The topological polar surface area (TPSA) is 35.5 Å². The van der Waals surface area contributed by atoms with Crippen molar-refractivity contribution in [2.45, 2.75) is 18.9 Å². The first-order valence-electron chi connectivity index (χ1n) is 6.60. The normalized spacial score (nSPS) is 20.1. The van der Waals surface area contributed by atoms with E-state index in [0.29, 0.717) is 0 Å². The van der Waals surface area contributed by atoms with Gasteiger partial charge >= 0.3 is 5.97 Å². The van der Waals surface area contributed by atoms with Crippen LogP contribution in [0.25, 0.3) is 0 Å². The Morgan fingerprint density at radius 2 is 1.90 bits per heavy atom. The van der Waals surface area contributed by atoms with E-state index < -0.39 is 5.92 Å². The molecule has 0 unspecified atom stereocenters. The zero-order chi connectivity index (χ0) is 14.1. The van der Waals surface area contributed by atoms with Gasteiger partial charge in [0.25, 0.3) is 0 Å². The number of benzene rings is 2. The van der Waals surface area contributed by atoms with Gasteiger partial charge in [0.1, 0.15) is 17.8 Å². The Balaban J connectivity index is 2.07. The van der Waals surface area contributed by atoms with Crippen LogP contribution in [0.4, 0.5) is 0 Å². The summed E-state index contributed by atoms with van der Waals surface area (Å²) in [4.78, 5) is 12.2. The summed E-state index contributed by atoms with van der Waals surface area (Å²) in [5, 5.41) is 0. The van der Waals surface area contributed by atoms with E-state index in [9.17, 15) is 4.79 Å². The Labute approximate surface area is 118 Å². The molecule has 1 aliphatic rings. The molecular formula is C17H16O3. The van der Waals surface area contributed by atoms with Gasteiger partial charge in [0.15, 0.2) is 0 Å². The molecule has 3 rings (SSSR count). The summed E-state index contributed by atoms with van der Waals surface area (Å²) in [7, 11) is 1.41. The number of fused-ring (bicyclic) bond motifs is 1. The Morgan fingerprint density at radius 3 is 2.60 bits per heavy atom. The van der Waals surface area contributed by atoms with Gasteiger partial charge < -0.3 is 9.47 Å². The fraction of sp³-hybridized carbons (Fsp3) is 0.235. The fourth-order valence-electron chi connectivity index (χ4n) is 2.67. The Kier molecular flexibility index (Phi) is 3.18. The number of hydrogen-bond donors (Lipinski definition) is 0. The summed E-state index contributed by atoms with van der Waals surface area (Å²) >= 11 is 0. The quantitative estimate of drug-likeness (QED) is 0.783. The molecule has 1 aliphatic heterocycles. The second-order valence-electron chi connectivity index (χ2n) is 4.99. The third kappa shape index (κ3) is 2.05. The van der Waals surface area contributed by atoms with Gasteiger partial charge in [-0.2, -0.15) is 0 Å². The van der Waals surface area contributed by atoms with E-state index in [2.05, 4.69) is 0 Å². The number of carbonyl (C=O) groups excluding carboxylic acids is 1. The van der Waals surface area contributed by atoms with Gasteiger partial charge in [-0.25, -0.2) is 0 Å². The highest BCUT2D eigenvalue weighted by molar-refractivity contribution is 5.81. The lowest BCUT2D eigenvalue weighted by Gasteiger charge is -2.17. The van der Waals surface area contributed by atoms with Crippen LogP contribution in [0.15, 0.2) is 48.5 Å².